The summed E-state index contributed by atoms with van der Waals surface area (Å²) < 4.78 is 0. The van der Waals surface area contributed by atoms with Gasteiger partial charge in [-0.1, -0.05) is 36.4 Å². The van der Waals surface area contributed by atoms with Crippen LogP contribution in [0.4, 0.5) is 11.4 Å². The van der Waals surface area contributed by atoms with Gasteiger partial charge in [-0.05, 0) is 75.4 Å². The Labute approximate surface area is 203 Å². The highest BCUT2D eigenvalue weighted by Gasteiger charge is 2.10. The van der Waals surface area contributed by atoms with E-state index in [1.54, 1.807) is 13.8 Å². The minimum absolute atomic E-state index is 0.371. The Morgan fingerprint density at radius 2 is 1.27 bits per heavy atom. The number of aromatic nitrogens is 3. The number of thiocarbonyl (C=S) groups is 2. The Morgan fingerprint density at radius 1 is 0.788 bits per heavy atom. The van der Waals surface area contributed by atoms with Gasteiger partial charge in [-0.3, -0.25) is 16.0 Å². The molecule has 0 atom stereocenters. The van der Waals surface area contributed by atoms with Crippen molar-refractivity contribution in [2.75, 3.05) is 10.6 Å². The summed E-state index contributed by atoms with van der Waals surface area (Å²) in [5, 5.41) is 22.5. The summed E-state index contributed by atoms with van der Waals surface area (Å²) in [7, 11) is 0. The zero-order valence-corrected chi connectivity index (χ0v) is 20.4. The fourth-order valence-corrected chi connectivity index (χ4v) is 3.00. The molecule has 3 rings (SSSR count). The van der Waals surface area contributed by atoms with Crippen molar-refractivity contribution in [2.45, 2.75) is 27.7 Å². The van der Waals surface area contributed by atoms with Gasteiger partial charge < -0.3 is 10.6 Å². The summed E-state index contributed by atoms with van der Waals surface area (Å²) in [6.45, 7) is 7.57. The second-order valence-corrected chi connectivity index (χ2v) is 7.98. The molecule has 9 nitrogen and oxygen atoms in total. The van der Waals surface area contributed by atoms with Gasteiger partial charge in [0.25, 0.3) is 0 Å². The van der Waals surface area contributed by atoms with E-state index < -0.39 is 0 Å². The number of hydrogen-bond donors (Lipinski definition) is 5. The average Bonchev–Trinajstić information content (AvgIpc) is 3.29. The SMILES string of the molecule is C/C(=N\NC(=S)Nc1ccccc1C)c1n[nH]c(/C(C)=N/NC(=S)Nc2ccccc2C)n1. The van der Waals surface area contributed by atoms with Crippen LogP contribution in [0.1, 0.15) is 36.6 Å². The van der Waals surface area contributed by atoms with Crippen LogP contribution in [0.5, 0.6) is 0 Å². The maximum atomic E-state index is 5.30. The molecular weight excluding hydrogens is 454 g/mol. The van der Waals surface area contributed by atoms with Gasteiger partial charge in [0, 0.05) is 11.4 Å². The molecule has 0 saturated carbocycles. The topological polar surface area (TPSA) is 114 Å². The lowest BCUT2D eigenvalue weighted by atomic mass is 10.2. The molecule has 0 spiro atoms. The minimum atomic E-state index is 0.371. The highest BCUT2D eigenvalue weighted by Crippen LogP contribution is 2.13. The van der Waals surface area contributed by atoms with Crippen LogP contribution in [0.25, 0.3) is 0 Å². The first kappa shape index (κ1) is 24.0. The molecule has 0 saturated heterocycles. The van der Waals surface area contributed by atoms with Crippen LogP contribution in [0.3, 0.4) is 0 Å². The summed E-state index contributed by atoms with van der Waals surface area (Å²) >= 11 is 10.6. The minimum Gasteiger partial charge on any atom is -0.331 e. The predicted molar refractivity (Wildman–Crippen MR) is 142 cm³/mol. The van der Waals surface area contributed by atoms with Gasteiger partial charge in [0.05, 0.1) is 0 Å². The Morgan fingerprint density at radius 3 is 1.79 bits per heavy atom. The number of para-hydroxylation sites is 2. The van der Waals surface area contributed by atoms with Crippen LogP contribution in [0.2, 0.25) is 0 Å². The highest BCUT2D eigenvalue weighted by atomic mass is 32.1. The molecule has 5 N–H and O–H groups in total. The zero-order chi connectivity index (χ0) is 23.8. The number of aryl methyl sites for hydroxylation is 2. The van der Waals surface area contributed by atoms with E-state index >= 15 is 0 Å². The molecule has 0 radical (unpaired) electrons. The number of nitrogens with zero attached hydrogens (tertiary/aromatic N) is 4. The van der Waals surface area contributed by atoms with Gasteiger partial charge >= 0.3 is 0 Å². The van der Waals surface area contributed by atoms with E-state index in [1.807, 2.05) is 62.4 Å². The van der Waals surface area contributed by atoms with Crippen molar-refractivity contribution in [2.24, 2.45) is 10.2 Å². The molecule has 3 aromatic rings. The highest BCUT2D eigenvalue weighted by molar-refractivity contribution is 7.80. The van der Waals surface area contributed by atoms with Crippen LogP contribution in [-0.4, -0.2) is 36.8 Å². The van der Waals surface area contributed by atoms with Crippen molar-refractivity contribution in [1.82, 2.24) is 26.0 Å². The summed E-state index contributed by atoms with van der Waals surface area (Å²) in [5.41, 5.74) is 10.8. The number of nitrogens with one attached hydrogen (secondary N) is 5. The van der Waals surface area contributed by atoms with E-state index in [1.165, 1.54) is 0 Å². The van der Waals surface area contributed by atoms with Gasteiger partial charge in [0.2, 0.25) is 0 Å². The number of aromatic amines is 1. The largest absolute Gasteiger partial charge is 0.331 e. The van der Waals surface area contributed by atoms with Gasteiger partial charge in [0.15, 0.2) is 21.9 Å². The molecule has 0 bridgehead atoms. The van der Waals surface area contributed by atoms with E-state index in [9.17, 15) is 0 Å². The first-order valence-corrected chi connectivity index (χ1v) is 10.9. The molecule has 0 fully saturated rings. The monoisotopic (exact) mass is 479 g/mol. The average molecular weight is 480 g/mol. The number of benzene rings is 2. The van der Waals surface area contributed by atoms with Gasteiger partial charge in [0.1, 0.15) is 11.4 Å². The number of rotatable bonds is 6. The fourth-order valence-electron chi connectivity index (χ4n) is 2.68. The molecule has 0 aliphatic heterocycles. The summed E-state index contributed by atoms with van der Waals surface area (Å²) in [5.74, 6) is 0.915. The maximum absolute atomic E-state index is 5.30. The summed E-state index contributed by atoms with van der Waals surface area (Å²) in [4.78, 5) is 4.43. The molecule has 0 amide bonds. The number of anilines is 2. The predicted octanol–water partition coefficient (Wildman–Crippen LogP) is 3.84. The van der Waals surface area contributed by atoms with Gasteiger partial charge in [-0.15, -0.1) is 0 Å². The number of hydrogen-bond acceptors (Lipinski definition) is 6. The van der Waals surface area contributed by atoms with Crippen molar-refractivity contribution < 1.29 is 0 Å². The van der Waals surface area contributed by atoms with Crippen LogP contribution in [0, 0.1) is 13.8 Å². The standard InChI is InChI=1S/C22H25N9S2/c1-13-9-5-7-11-17(13)23-21(32)30-26-15(3)19-25-20(29-28-19)16(4)27-31-22(33)24-18-12-8-6-10-14(18)2/h5-12H,1-4H3,(H2,23,30,32)(H2,24,31,33)(H,25,28,29)/b26-15+,27-16+. The van der Waals surface area contributed by atoms with Gasteiger partial charge in [-0.2, -0.15) is 15.3 Å². The third kappa shape index (κ3) is 6.89. The van der Waals surface area contributed by atoms with Crippen LogP contribution < -0.4 is 21.5 Å². The van der Waals surface area contributed by atoms with Crippen molar-refractivity contribution in [3.63, 3.8) is 0 Å². The van der Waals surface area contributed by atoms with Crippen LogP contribution in [0.15, 0.2) is 58.7 Å². The lowest BCUT2D eigenvalue weighted by Gasteiger charge is -2.09. The fraction of sp³-hybridized carbons (Fsp3) is 0.182. The molecule has 2 aromatic carbocycles. The van der Waals surface area contributed by atoms with Crippen LogP contribution >= 0.6 is 24.4 Å². The second-order valence-electron chi connectivity index (χ2n) is 7.16. The van der Waals surface area contributed by atoms with E-state index in [0.29, 0.717) is 33.3 Å². The Balaban J connectivity index is 1.56. The van der Waals surface area contributed by atoms with Gasteiger partial charge in [-0.25, -0.2) is 4.98 Å². The number of H-pyrrole nitrogens is 1. The van der Waals surface area contributed by atoms with Crippen molar-refractivity contribution in [1.29, 1.82) is 0 Å². The summed E-state index contributed by atoms with van der Waals surface area (Å²) in [6.07, 6.45) is 0. The molecule has 170 valence electrons. The lowest BCUT2D eigenvalue weighted by molar-refractivity contribution is 1.01. The van der Waals surface area contributed by atoms with E-state index in [2.05, 4.69) is 46.9 Å². The first-order chi connectivity index (χ1) is 15.8. The smallest absolute Gasteiger partial charge is 0.197 e. The normalized spacial score (nSPS) is 11.6. The first-order valence-electron chi connectivity index (χ1n) is 10.1. The van der Waals surface area contributed by atoms with E-state index in [0.717, 1.165) is 22.5 Å². The number of hydrazone groups is 2. The Kier molecular flexibility index (Phi) is 8.17. The van der Waals surface area contributed by atoms with E-state index in [-0.39, 0.29) is 0 Å². The molecule has 0 aliphatic carbocycles. The van der Waals surface area contributed by atoms with Crippen molar-refractivity contribution in [3.8, 4) is 0 Å². The third-order valence-corrected chi connectivity index (χ3v) is 4.98. The molecule has 33 heavy (non-hydrogen) atoms. The Hall–Kier alpha value is -3.70. The molecular formula is C22H25N9S2. The van der Waals surface area contributed by atoms with E-state index in [4.69, 9.17) is 24.4 Å². The van der Waals surface area contributed by atoms with Crippen LogP contribution in [-0.2, 0) is 0 Å². The van der Waals surface area contributed by atoms with Crippen molar-refractivity contribution >= 4 is 57.5 Å². The molecule has 1 aromatic heterocycles. The second kappa shape index (κ2) is 11.2. The Bertz CT molecular complexity index is 1120. The van der Waals surface area contributed by atoms with Crippen molar-refractivity contribution in [3.05, 3.63) is 71.3 Å². The third-order valence-electron chi connectivity index (χ3n) is 4.59. The molecule has 1 heterocycles. The maximum Gasteiger partial charge on any atom is 0.197 e. The molecule has 0 aliphatic rings. The quantitative estimate of drug-likeness (QED) is 0.206. The zero-order valence-electron chi connectivity index (χ0n) is 18.7. The molecule has 0 unspecified atom stereocenters. The lowest BCUT2D eigenvalue weighted by Crippen LogP contribution is -2.25. The molecule has 11 heteroatoms. The summed E-state index contributed by atoms with van der Waals surface area (Å²) in [6, 6.07) is 15.7.